The minimum Gasteiger partial charge on any atom is -0.489 e. The van der Waals surface area contributed by atoms with E-state index in [2.05, 4.69) is 41.0 Å². The smallest absolute Gasteiger partial charge is 0.163 e. The molecule has 0 fully saturated rings. The van der Waals surface area contributed by atoms with E-state index in [9.17, 15) is 0 Å². The largest absolute Gasteiger partial charge is 0.489 e. The third-order valence-electron chi connectivity index (χ3n) is 5.84. The van der Waals surface area contributed by atoms with Gasteiger partial charge in [0.2, 0.25) is 0 Å². The quantitative estimate of drug-likeness (QED) is 0.291. The highest BCUT2D eigenvalue weighted by Gasteiger charge is 2.21. The van der Waals surface area contributed by atoms with E-state index in [0.717, 1.165) is 16.8 Å². The maximum Gasteiger partial charge on any atom is 0.163 e. The second-order valence-corrected chi connectivity index (χ2v) is 8.62. The van der Waals surface area contributed by atoms with Crippen molar-refractivity contribution in [2.45, 2.75) is 33.3 Å². The average Bonchev–Trinajstić information content (AvgIpc) is 3.22. The van der Waals surface area contributed by atoms with E-state index >= 15 is 4.39 Å². The van der Waals surface area contributed by atoms with Crippen LogP contribution in [0.5, 0.6) is 5.75 Å². The van der Waals surface area contributed by atoms with Crippen LogP contribution >= 0.6 is 0 Å². The first-order valence-electron chi connectivity index (χ1n) is 11.3. The van der Waals surface area contributed by atoms with Crippen LogP contribution in [-0.4, -0.2) is 19.6 Å². The molecular weight excluding hydrogens is 427 g/mol. The van der Waals surface area contributed by atoms with Crippen molar-refractivity contribution in [1.29, 1.82) is 0 Å². The molecule has 0 aliphatic rings. The van der Waals surface area contributed by atoms with Gasteiger partial charge in [0.25, 0.3) is 0 Å². The van der Waals surface area contributed by atoms with E-state index in [1.165, 1.54) is 11.6 Å². The Morgan fingerprint density at radius 1 is 0.971 bits per heavy atom. The second kappa shape index (κ2) is 9.06. The highest BCUT2D eigenvalue weighted by Crippen LogP contribution is 2.37. The molecule has 3 aromatic heterocycles. The Morgan fingerprint density at radius 3 is 2.44 bits per heavy atom. The van der Waals surface area contributed by atoms with Crippen molar-refractivity contribution in [3.63, 3.8) is 0 Å². The van der Waals surface area contributed by atoms with Crippen molar-refractivity contribution in [1.82, 2.24) is 19.6 Å². The molecule has 0 N–H and O–H groups in total. The molecule has 0 amide bonds. The summed E-state index contributed by atoms with van der Waals surface area (Å²) in [7, 11) is 0. The summed E-state index contributed by atoms with van der Waals surface area (Å²) in [5, 5.41) is 4.69. The van der Waals surface area contributed by atoms with Gasteiger partial charge in [0.05, 0.1) is 5.56 Å². The van der Waals surface area contributed by atoms with E-state index in [-0.39, 0.29) is 5.82 Å². The Hall–Kier alpha value is -4.06. The van der Waals surface area contributed by atoms with Crippen molar-refractivity contribution in [3.8, 4) is 28.1 Å². The molecule has 5 nitrogen and oxygen atoms in total. The summed E-state index contributed by atoms with van der Waals surface area (Å²) in [6.45, 7) is 6.61. The molecule has 5 rings (SSSR count). The molecule has 0 aliphatic carbocycles. The Labute approximate surface area is 197 Å². The molecule has 5 aromatic rings. The lowest BCUT2D eigenvalue weighted by molar-refractivity contribution is 0.304. The number of benzene rings is 2. The number of aromatic nitrogens is 4. The van der Waals surface area contributed by atoms with Gasteiger partial charge in [-0.3, -0.25) is 4.98 Å². The van der Waals surface area contributed by atoms with Gasteiger partial charge in [0.15, 0.2) is 5.65 Å². The van der Waals surface area contributed by atoms with Crippen LogP contribution in [0, 0.1) is 12.7 Å². The minimum absolute atomic E-state index is 0.372. The first-order chi connectivity index (χ1) is 16.5. The molecule has 3 heterocycles. The summed E-state index contributed by atoms with van der Waals surface area (Å²) in [6, 6.07) is 18.9. The Kier molecular flexibility index (Phi) is 5.80. The molecular formula is C28H25FN4O. The summed E-state index contributed by atoms with van der Waals surface area (Å²) in [5.41, 5.74) is 6.31. The lowest BCUT2D eigenvalue weighted by Crippen LogP contribution is -1.97. The molecule has 34 heavy (non-hydrogen) atoms. The third-order valence-corrected chi connectivity index (χ3v) is 5.84. The van der Waals surface area contributed by atoms with Gasteiger partial charge < -0.3 is 4.74 Å². The van der Waals surface area contributed by atoms with Crippen molar-refractivity contribution < 1.29 is 9.13 Å². The molecule has 6 heteroatoms. The number of rotatable bonds is 6. The lowest BCUT2D eigenvalue weighted by Gasteiger charge is -2.11. The summed E-state index contributed by atoms with van der Waals surface area (Å²) in [4.78, 5) is 8.73. The number of halogens is 1. The molecule has 0 saturated heterocycles. The van der Waals surface area contributed by atoms with Gasteiger partial charge in [-0.05, 0) is 54.3 Å². The van der Waals surface area contributed by atoms with Crippen LogP contribution in [0.2, 0.25) is 0 Å². The van der Waals surface area contributed by atoms with Crippen LogP contribution in [0.4, 0.5) is 4.39 Å². The Bertz CT molecular complexity index is 1440. The molecule has 170 valence electrons. The number of hydrogen-bond donors (Lipinski definition) is 0. The van der Waals surface area contributed by atoms with E-state index in [1.807, 2.05) is 43.5 Å². The highest BCUT2D eigenvalue weighted by molar-refractivity contribution is 5.90. The molecule has 0 saturated carbocycles. The van der Waals surface area contributed by atoms with Crippen LogP contribution in [0.25, 0.3) is 28.0 Å². The normalized spacial score (nSPS) is 11.3. The minimum atomic E-state index is -0.388. The summed E-state index contributed by atoms with van der Waals surface area (Å²) in [5.74, 6) is 0.563. The Morgan fingerprint density at radius 2 is 1.74 bits per heavy atom. The zero-order valence-corrected chi connectivity index (χ0v) is 19.4. The standard InChI is InChI=1S/C28H25FN4O/c1-18(2)21-6-4-20(5-7-21)17-34-23-8-9-24(25(29)16-23)26-27(22-10-13-30-14-11-22)32-33-15-12-19(3)31-28(26)33/h4-16,18H,17H2,1-3H3. The molecule has 0 spiro atoms. The predicted molar refractivity (Wildman–Crippen MR) is 131 cm³/mol. The maximum atomic E-state index is 15.4. The Balaban J connectivity index is 1.48. The molecule has 0 bridgehead atoms. The zero-order valence-electron chi connectivity index (χ0n) is 19.4. The van der Waals surface area contributed by atoms with E-state index in [1.54, 1.807) is 29.0 Å². The number of pyridine rings is 1. The third kappa shape index (κ3) is 4.27. The van der Waals surface area contributed by atoms with Crippen LogP contribution in [0.1, 0.15) is 36.6 Å². The molecule has 0 unspecified atom stereocenters. The zero-order chi connectivity index (χ0) is 23.7. The number of fused-ring (bicyclic) bond motifs is 1. The first-order valence-corrected chi connectivity index (χ1v) is 11.3. The highest BCUT2D eigenvalue weighted by atomic mass is 19.1. The second-order valence-electron chi connectivity index (χ2n) is 8.62. The fourth-order valence-electron chi connectivity index (χ4n) is 3.93. The van der Waals surface area contributed by atoms with Crippen LogP contribution in [0.3, 0.4) is 0 Å². The molecule has 2 aromatic carbocycles. The van der Waals surface area contributed by atoms with E-state index in [0.29, 0.717) is 40.7 Å². The van der Waals surface area contributed by atoms with Crippen molar-refractivity contribution in [3.05, 3.63) is 102 Å². The van der Waals surface area contributed by atoms with Gasteiger partial charge in [-0.2, -0.15) is 5.10 Å². The van der Waals surface area contributed by atoms with E-state index < -0.39 is 0 Å². The number of hydrogen-bond acceptors (Lipinski definition) is 4. The van der Waals surface area contributed by atoms with Gasteiger partial charge in [-0.15, -0.1) is 0 Å². The molecule has 0 aliphatic heterocycles. The first kappa shape index (κ1) is 21.8. The number of nitrogens with zero attached hydrogens (tertiary/aromatic N) is 4. The lowest BCUT2D eigenvalue weighted by atomic mass is 10.0. The monoisotopic (exact) mass is 452 g/mol. The topological polar surface area (TPSA) is 52.3 Å². The van der Waals surface area contributed by atoms with Crippen molar-refractivity contribution in [2.24, 2.45) is 0 Å². The van der Waals surface area contributed by atoms with Gasteiger partial charge in [0, 0.05) is 41.5 Å². The fraction of sp³-hybridized carbons (Fsp3) is 0.179. The maximum absolute atomic E-state index is 15.4. The van der Waals surface area contributed by atoms with Crippen LogP contribution in [0.15, 0.2) is 79.3 Å². The summed E-state index contributed by atoms with van der Waals surface area (Å²) >= 11 is 0. The van der Waals surface area contributed by atoms with E-state index in [4.69, 9.17) is 4.74 Å². The average molecular weight is 453 g/mol. The molecule has 0 radical (unpaired) electrons. The van der Waals surface area contributed by atoms with Gasteiger partial charge >= 0.3 is 0 Å². The fourth-order valence-corrected chi connectivity index (χ4v) is 3.93. The molecule has 0 atom stereocenters. The summed E-state index contributed by atoms with van der Waals surface area (Å²) in [6.07, 6.45) is 5.23. The van der Waals surface area contributed by atoms with Crippen LogP contribution in [-0.2, 0) is 6.61 Å². The van der Waals surface area contributed by atoms with Gasteiger partial charge in [-0.1, -0.05) is 38.1 Å². The van der Waals surface area contributed by atoms with Crippen molar-refractivity contribution in [2.75, 3.05) is 0 Å². The summed E-state index contributed by atoms with van der Waals surface area (Å²) < 4.78 is 23.0. The SMILES string of the molecule is Cc1ccn2nc(-c3ccncc3)c(-c3ccc(OCc4ccc(C(C)C)cc4)cc3F)c2n1. The van der Waals surface area contributed by atoms with Crippen molar-refractivity contribution >= 4 is 5.65 Å². The van der Waals surface area contributed by atoms with Crippen LogP contribution < -0.4 is 4.74 Å². The predicted octanol–water partition coefficient (Wildman–Crippen LogP) is 6.61. The van der Waals surface area contributed by atoms with Gasteiger partial charge in [-0.25, -0.2) is 13.9 Å². The number of ether oxygens (including phenoxy) is 1. The number of aryl methyl sites for hydroxylation is 1. The van der Waals surface area contributed by atoms with Gasteiger partial charge in [0.1, 0.15) is 23.9 Å².